The van der Waals surface area contributed by atoms with Crippen LogP contribution in [0.2, 0.25) is 0 Å². The van der Waals surface area contributed by atoms with E-state index in [0.29, 0.717) is 11.8 Å². The average molecular weight is 248 g/mol. The van der Waals surface area contributed by atoms with Gasteiger partial charge >= 0.3 is 0 Å². The summed E-state index contributed by atoms with van der Waals surface area (Å²) in [6, 6.07) is 9.05. The fraction of sp³-hybridized carbons (Fsp3) is 0.625. The maximum atomic E-state index is 5.72. The van der Waals surface area contributed by atoms with Crippen LogP contribution in [-0.4, -0.2) is 0 Å². The van der Waals surface area contributed by atoms with Crippen LogP contribution in [0.15, 0.2) is 24.3 Å². The Morgan fingerprint density at radius 1 is 1.00 bits per heavy atom. The van der Waals surface area contributed by atoms with Gasteiger partial charge in [-0.3, -0.25) is 11.3 Å². The molecule has 2 unspecified atom stereocenters. The van der Waals surface area contributed by atoms with Gasteiger partial charge in [0.15, 0.2) is 0 Å². The first kappa shape index (κ1) is 15.2. The Bertz CT molecular complexity index is 360. The molecule has 102 valence electrons. The van der Waals surface area contributed by atoms with Gasteiger partial charge < -0.3 is 0 Å². The molecule has 2 heteroatoms. The molecular weight excluding hydrogens is 220 g/mol. The lowest BCUT2D eigenvalue weighted by Crippen LogP contribution is -2.34. The zero-order chi connectivity index (χ0) is 13.9. The van der Waals surface area contributed by atoms with Crippen molar-refractivity contribution in [2.24, 2.45) is 17.7 Å². The molecule has 0 saturated carbocycles. The molecule has 3 N–H and O–H groups in total. The number of nitrogens with two attached hydrogens (primary N) is 1. The number of benzene rings is 1. The van der Waals surface area contributed by atoms with Crippen molar-refractivity contribution in [1.82, 2.24) is 5.43 Å². The third-order valence-corrected chi connectivity index (χ3v) is 3.89. The van der Waals surface area contributed by atoms with Crippen LogP contribution in [0.1, 0.15) is 58.7 Å². The van der Waals surface area contributed by atoms with Gasteiger partial charge in [0.1, 0.15) is 0 Å². The summed E-state index contributed by atoms with van der Waals surface area (Å²) in [7, 11) is 0. The lowest BCUT2D eigenvalue weighted by atomic mass is 9.83. The summed E-state index contributed by atoms with van der Waals surface area (Å²) in [5.74, 6) is 6.83. The summed E-state index contributed by atoms with van der Waals surface area (Å²) in [4.78, 5) is 0. The van der Waals surface area contributed by atoms with Crippen LogP contribution in [0.4, 0.5) is 0 Å². The van der Waals surface area contributed by atoms with E-state index in [0.717, 1.165) is 0 Å². The minimum atomic E-state index is 0.202. The third-order valence-electron chi connectivity index (χ3n) is 3.89. The summed E-state index contributed by atoms with van der Waals surface area (Å²) in [5.41, 5.74) is 5.79. The first-order valence-electron chi connectivity index (χ1n) is 6.84. The molecule has 1 rings (SSSR count). The number of hydrogen-bond donors (Lipinski definition) is 2. The SMILES string of the molecule is CC(C)C(C)C(NN)c1ccc(C(C)(C)C)cc1. The summed E-state index contributed by atoms with van der Waals surface area (Å²) >= 11 is 0. The Balaban J connectivity index is 2.96. The van der Waals surface area contributed by atoms with Gasteiger partial charge in [-0.1, -0.05) is 65.8 Å². The second-order valence-corrected chi connectivity index (χ2v) is 6.62. The van der Waals surface area contributed by atoms with Crippen LogP contribution in [0, 0.1) is 11.8 Å². The molecule has 0 aliphatic heterocycles. The first-order chi connectivity index (χ1) is 8.27. The van der Waals surface area contributed by atoms with Crippen molar-refractivity contribution >= 4 is 0 Å². The van der Waals surface area contributed by atoms with E-state index in [1.54, 1.807) is 0 Å². The normalized spacial score (nSPS) is 15.8. The molecular formula is C16H28N2. The quantitative estimate of drug-likeness (QED) is 0.628. The van der Waals surface area contributed by atoms with Crippen molar-refractivity contribution in [3.05, 3.63) is 35.4 Å². The van der Waals surface area contributed by atoms with Gasteiger partial charge in [0.2, 0.25) is 0 Å². The number of hydrogen-bond acceptors (Lipinski definition) is 2. The average Bonchev–Trinajstić information content (AvgIpc) is 2.29. The van der Waals surface area contributed by atoms with Crippen LogP contribution < -0.4 is 11.3 Å². The second-order valence-electron chi connectivity index (χ2n) is 6.62. The van der Waals surface area contributed by atoms with E-state index in [1.165, 1.54) is 11.1 Å². The molecule has 0 spiro atoms. The highest BCUT2D eigenvalue weighted by molar-refractivity contribution is 5.29. The van der Waals surface area contributed by atoms with Gasteiger partial charge in [-0.2, -0.15) is 0 Å². The third kappa shape index (κ3) is 3.56. The van der Waals surface area contributed by atoms with Crippen molar-refractivity contribution in [3.8, 4) is 0 Å². The van der Waals surface area contributed by atoms with Crippen molar-refractivity contribution < 1.29 is 0 Å². The van der Waals surface area contributed by atoms with Crippen LogP contribution in [-0.2, 0) is 5.41 Å². The fourth-order valence-corrected chi connectivity index (χ4v) is 2.13. The molecule has 1 aromatic carbocycles. The van der Waals surface area contributed by atoms with Gasteiger partial charge in [-0.15, -0.1) is 0 Å². The lowest BCUT2D eigenvalue weighted by Gasteiger charge is -2.27. The molecule has 2 nitrogen and oxygen atoms in total. The van der Waals surface area contributed by atoms with Crippen molar-refractivity contribution in [3.63, 3.8) is 0 Å². The van der Waals surface area contributed by atoms with Gasteiger partial charge in [-0.05, 0) is 28.4 Å². The van der Waals surface area contributed by atoms with Crippen molar-refractivity contribution in [2.45, 2.75) is 53.0 Å². The topological polar surface area (TPSA) is 38.0 Å². The molecule has 0 aromatic heterocycles. The molecule has 0 amide bonds. The Kier molecular flexibility index (Phi) is 4.94. The number of hydrazine groups is 1. The summed E-state index contributed by atoms with van der Waals surface area (Å²) < 4.78 is 0. The van der Waals surface area contributed by atoms with Crippen LogP contribution >= 0.6 is 0 Å². The Morgan fingerprint density at radius 2 is 1.50 bits per heavy atom. The largest absolute Gasteiger partial charge is 0.271 e. The summed E-state index contributed by atoms with van der Waals surface area (Å²) in [6.07, 6.45) is 0. The van der Waals surface area contributed by atoms with Crippen LogP contribution in [0.5, 0.6) is 0 Å². The highest BCUT2D eigenvalue weighted by Gasteiger charge is 2.21. The highest BCUT2D eigenvalue weighted by atomic mass is 15.2. The standard InChI is InChI=1S/C16H28N2/c1-11(2)12(3)15(18-17)13-7-9-14(10-8-13)16(4,5)6/h7-12,15,18H,17H2,1-6H3. The van der Waals surface area contributed by atoms with Crippen LogP contribution in [0.3, 0.4) is 0 Å². The van der Waals surface area contributed by atoms with E-state index in [-0.39, 0.29) is 11.5 Å². The lowest BCUT2D eigenvalue weighted by molar-refractivity contribution is 0.306. The van der Waals surface area contributed by atoms with E-state index in [2.05, 4.69) is 71.2 Å². The molecule has 0 saturated heterocycles. The van der Waals surface area contributed by atoms with Crippen molar-refractivity contribution in [1.29, 1.82) is 0 Å². The van der Waals surface area contributed by atoms with Gasteiger partial charge in [0, 0.05) is 6.04 Å². The summed E-state index contributed by atoms with van der Waals surface area (Å²) in [6.45, 7) is 13.4. The molecule has 2 atom stereocenters. The molecule has 18 heavy (non-hydrogen) atoms. The smallest absolute Gasteiger partial charge is 0.0487 e. The molecule has 0 aliphatic rings. The monoisotopic (exact) mass is 248 g/mol. The molecule has 0 fully saturated rings. The highest BCUT2D eigenvalue weighted by Crippen LogP contribution is 2.29. The molecule has 1 aromatic rings. The molecule has 0 bridgehead atoms. The Hall–Kier alpha value is -0.860. The molecule has 0 aliphatic carbocycles. The molecule has 0 heterocycles. The van der Waals surface area contributed by atoms with Crippen LogP contribution in [0.25, 0.3) is 0 Å². The first-order valence-corrected chi connectivity index (χ1v) is 6.84. The van der Waals surface area contributed by atoms with E-state index < -0.39 is 0 Å². The Labute approximate surface area is 112 Å². The van der Waals surface area contributed by atoms with Gasteiger partial charge in [0.05, 0.1) is 0 Å². The molecule has 0 radical (unpaired) electrons. The Morgan fingerprint density at radius 3 is 1.83 bits per heavy atom. The number of nitrogens with one attached hydrogen (secondary N) is 1. The maximum absolute atomic E-state index is 5.72. The second kappa shape index (κ2) is 5.85. The van der Waals surface area contributed by atoms with Gasteiger partial charge in [0.25, 0.3) is 0 Å². The minimum Gasteiger partial charge on any atom is -0.271 e. The van der Waals surface area contributed by atoms with E-state index >= 15 is 0 Å². The number of rotatable bonds is 4. The van der Waals surface area contributed by atoms with E-state index in [9.17, 15) is 0 Å². The minimum absolute atomic E-state index is 0.202. The predicted octanol–water partition coefficient (Wildman–Crippen LogP) is 3.78. The zero-order valence-electron chi connectivity index (χ0n) is 12.6. The fourth-order valence-electron chi connectivity index (χ4n) is 2.13. The summed E-state index contributed by atoms with van der Waals surface area (Å²) in [5, 5.41) is 0. The van der Waals surface area contributed by atoms with E-state index in [1.807, 2.05) is 0 Å². The van der Waals surface area contributed by atoms with Gasteiger partial charge in [-0.25, -0.2) is 0 Å². The van der Waals surface area contributed by atoms with E-state index in [4.69, 9.17) is 5.84 Å². The predicted molar refractivity (Wildman–Crippen MR) is 79.2 cm³/mol. The zero-order valence-corrected chi connectivity index (χ0v) is 12.6. The maximum Gasteiger partial charge on any atom is 0.0487 e. The van der Waals surface area contributed by atoms with Crippen molar-refractivity contribution in [2.75, 3.05) is 0 Å².